The van der Waals surface area contributed by atoms with Crippen LogP contribution < -0.4 is 9.47 Å². The summed E-state index contributed by atoms with van der Waals surface area (Å²) in [4.78, 5) is 25.3. The van der Waals surface area contributed by atoms with Gasteiger partial charge in [-0.05, 0) is 36.1 Å². The van der Waals surface area contributed by atoms with Gasteiger partial charge in [0.2, 0.25) is 0 Å². The molecule has 3 aliphatic rings. The van der Waals surface area contributed by atoms with E-state index in [9.17, 15) is 9.59 Å². The average molecular weight is 348 g/mol. The number of ketones is 2. The monoisotopic (exact) mass is 348 g/mol. The fourth-order valence-corrected chi connectivity index (χ4v) is 4.14. The molecule has 0 unspecified atom stereocenters. The SMILES string of the molecule is CO[C@@H]1CCC2(Oc3cccc4cccc(c34)O2)C2=C1C(=O)C=CC2=O. The van der Waals surface area contributed by atoms with Crippen LogP contribution in [0.4, 0.5) is 0 Å². The molecule has 5 heteroatoms. The summed E-state index contributed by atoms with van der Waals surface area (Å²) in [7, 11) is 1.54. The fraction of sp³-hybridized carbons (Fsp3) is 0.238. The molecule has 1 heterocycles. The molecule has 0 fully saturated rings. The van der Waals surface area contributed by atoms with Gasteiger partial charge in [-0.1, -0.05) is 24.3 Å². The van der Waals surface area contributed by atoms with Gasteiger partial charge in [0.1, 0.15) is 11.5 Å². The molecule has 0 radical (unpaired) electrons. The number of rotatable bonds is 1. The van der Waals surface area contributed by atoms with Crippen molar-refractivity contribution >= 4 is 22.3 Å². The molecule has 26 heavy (non-hydrogen) atoms. The molecule has 1 spiro atoms. The van der Waals surface area contributed by atoms with Crippen LogP contribution in [-0.2, 0) is 14.3 Å². The van der Waals surface area contributed by atoms with Crippen LogP contribution >= 0.6 is 0 Å². The normalized spacial score (nSPS) is 23.0. The van der Waals surface area contributed by atoms with Crippen LogP contribution in [0.1, 0.15) is 12.8 Å². The molecule has 0 amide bonds. The van der Waals surface area contributed by atoms with Gasteiger partial charge in [-0.3, -0.25) is 9.59 Å². The van der Waals surface area contributed by atoms with Crippen molar-refractivity contribution in [2.24, 2.45) is 0 Å². The largest absolute Gasteiger partial charge is 0.447 e. The minimum atomic E-state index is -1.30. The molecule has 1 aliphatic heterocycles. The first-order valence-electron chi connectivity index (χ1n) is 8.57. The molecular weight excluding hydrogens is 332 g/mol. The topological polar surface area (TPSA) is 61.8 Å². The minimum Gasteiger partial charge on any atom is -0.447 e. The van der Waals surface area contributed by atoms with Gasteiger partial charge < -0.3 is 14.2 Å². The molecule has 0 saturated carbocycles. The molecule has 0 bridgehead atoms. The molecule has 1 atom stereocenters. The van der Waals surface area contributed by atoms with Gasteiger partial charge in [-0.2, -0.15) is 0 Å². The lowest BCUT2D eigenvalue weighted by atomic mass is 9.77. The smallest absolute Gasteiger partial charge is 0.282 e. The van der Waals surface area contributed by atoms with E-state index < -0.39 is 11.9 Å². The van der Waals surface area contributed by atoms with Crippen molar-refractivity contribution in [1.82, 2.24) is 0 Å². The molecule has 2 aromatic rings. The standard InChI is InChI=1S/C21H16O5/c1-24-15-10-11-21(20-14(23)9-8-13(22)19(15)20)25-16-6-2-4-12-5-3-7-17(26-21)18(12)16/h2-9,15H,10-11H2,1H3/t15-/m1/s1. The number of hydrogen-bond donors (Lipinski definition) is 0. The van der Waals surface area contributed by atoms with E-state index in [1.54, 1.807) is 7.11 Å². The van der Waals surface area contributed by atoms with E-state index in [0.717, 1.165) is 10.8 Å². The highest BCUT2D eigenvalue weighted by molar-refractivity contribution is 6.21. The lowest BCUT2D eigenvalue weighted by molar-refractivity contribution is -0.134. The molecule has 2 aromatic carbocycles. The summed E-state index contributed by atoms with van der Waals surface area (Å²) in [5.74, 6) is -0.490. The van der Waals surface area contributed by atoms with Crippen LogP contribution in [0.15, 0.2) is 59.7 Å². The Balaban J connectivity index is 1.74. The predicted molar refractivity (Wildman–Crippen MR) is 94.1 cm³/mol. The summed E-state index contributed by atoms with van der Waals surface area (Å²) in [6, 6.07) is 11.5. The van der Waals surface area contributed by atoms with E-state index in [2.05, 4.69) is 0 Å². The summed E-state index contributed by atoms with van der Waals surface area (Å²) in [6.45, 7) is 0. The summed E-state index contributed by atoms with van der Waals surface area (Å²) in [6.07, 6.45) is 3.10. The Labute approximate surface area is 149 Å². The zero-order chi connectivity index (χ0) is 17.9. The quantitative estimate of drug-likeness (QED) is 0.741. The molecule has 0 N–H and O–H groups in total. The lowest BCUT2D eigenvalue weighted by Gasteiger charge is -2.44. The van der Waals surface area contributed by atoms with Crippen molar-refractivity contribution < 1.29 is 23.8 Å². The highest BCUT2D eigenvalue weighted by Crippen LogP contribution is 2.49. The Hall–Kier alpha value is -2.92. The van der Waals surface area contributed by atoms with Crippen LogP contribution in [0.5, 0.6) is 11.5 Å². The first-order chi connectivity index (χ1) is 12.6. The summed E-state index contributed by atoms with van der Waals surface area (Å²) in [5, 5.41) is 1.88. The summed E-state index contributed by atoms with van der Waals surface area (Å²) >= 11 is 0. The van der Waals surface area contributed by atoms with Gasteiger partial charge in [-0.15, -0.1) is 0 Å². The summed E-state index contributed by atoms with van der Waals surface area (Å²) in [5.41, 5.74) is 0.604. The maximum Gasteiger partial charge on any atom is 0.282 e. The van der Waals surface area contributed by atoms with E-state index in [4.69, 9.17) is 14.2 Å². The third-order valence-corrected chi connectivity index (χ3v) is 5.27. The van der Waals surface area contributed by atoms with Crippen molar-refractivity contribution in [1.29, 1.82) is 0 Å². The fourth-order valence-electron chi connectivity index (χ4n) is 4.14. The number of methoxy groups -OCH3 is 1. The Morgan fingerprint density at radius 1 is 1.00 bits per heavy atom. The van der Waals surface area contributed by atoms with Crippen LogP contribution in [0.3, 0.4) is 0 Å². The number of carbonyl (C=O) groups excluding carboxylic acids is 2. The number of ether oxygens (including phenoxy) is 3. The first kappa shape index (κ1) is 15.3. The molecule has 5 rings (SSSR count). The third kappa shape index (κ3) is 1.95. The van der Waals surface area contributed by atoms with Crippen LogP contribution in [-0.4, -0.2) is 30.6 Å². The molecule has 5 nitrogen and oxygen atoms in total. The predicted octanol–water partition coefficient (Wildman–Crippen LogP) is 3.12. The minimum absolute atomic E-state index is 0.227. The number of carbonyl (C=O) groups is 2. The van der Waals surface area contributed by atoms with E-state index >= 15 is 0 Å². The zero-order valence-corrected chi connectivity index (χ0v) is 14.2. The second kappa shape index (κ2) is 5.29. The Bertz CT molecular complexity index is 989. The molecule has 130 valence electrons. The Kier molecular flexibility index (Phi) is 3.12. The van der Waals surface area contributed by atoms with E-state index in [1.165, 1.54) is 12.2 Å². The van der Waals surface area contributed by atoms with Gasteiger partial charge in [0.05, 0.1) is 17.1 Å². The lowest BCUT2D eigenvalue weighted by Crippen LogP contribution is -2.53. The second-order valence-electron chi connectivity index (χ2n) is 6.68. The maximum absolute atomic E-state index is 12.8. The number of benzene rings is 2. The van der Waals surface area contributed by atoms with Crippen molar-refractivity contribution in [3.63, 3.8) is 0 Å². The van der Waals surface area contributed by atoms with Gasteiger partial charge in [0.15, 0.2) is 11.6 Å². The van der Waals surface area contributed by atoms with Crippen molar-refractivity contribution in [3.05, 3.63) is 59.7 Å². The van der Waals surface area contributed by atoms with E-state index in [1.807, 2.05) is 36.4 Å². The van der Waals surface area contributed by atoms with Crippen molar-refractivity contribution in [2.45, 2.75) is 24.7 Å². The average Bonchev–Trinajstić information content (AvgIpc) is 2.65. The second-order valence-corrected chi connectivity index (χ2v) is 6.68. The highest BCUT2D eigenvalue weighted by Gasteiger charge is 2.53. The van der Waals surface area contributed by atoms with E-state index in [0.29, 0.717) is 29.9 Å². The highest BCUT2D eigenvalue weighted by atomic mass is 16.7. The van der Waals surface area contributed by atoms with Crippen LogP contribution in [0.2, 0.25) is 0 Å². The summed E-state index contributed by atoms with van der Waals surface area (Å²) < 4.78 is 18.0. The van der Waals surface area contributed by atoms with E-state index in [-0.39, 0.29) is 17.1 Å². The molecule has 0 aromatic heterocycles. The van der Waals surface area contributed by atoms with Crippen molar-refractivity contribution in [2.75, 3.05) is 7.11 Å². The first-order valence-corrected chi connectivity index (χ1v) is 8.57. The third-order valence-electron chi connectivity index (χ3n) is 5.27. The number of hydrogen-bond acceptors (Lipinski definition) is 5. The Morgan fingerprint density at radius 3 is 2.31 bits per heavy atom. The van der Waals surface area contributed by atoms with Gasteiger partial charge in [0, 0.05) is 19.1 Å². The molecule has 2 aliphatic carbocycles. The molecule has 0 saturated heterocycles. The van der Waals surface area contributed by atoms with Crippen LogP contribution in [0.25, 0.3) is 10.8 Å². The maximum atomic E-state index is 12.8. The molecular formula is C21H16O5. The van der Waals surface area contributed by atoms with Crippen molar-refractivity contribution in [3.8, 4) is 11.5 Å². The number of fused-ring (bicyclic) bond motifs is 1. The van der Waals surface area contributed by atoms with Gasteiger partial charge >= 0.3 is 0 Å². The van der Waals surface area contributed by atoms with Crippen LogP contribution in [0, 0.1) is 0 Å². The Morgan fingerprint density at radius 2 is 1.65 bits per heavy atom. The number of allylic oxidation sites excluding steroid dienone is 2. The van der Waals surface area contributed by atoms with Gasteiger partial charge in [-0.25, -0.2) is 0 Å². The van der Waals surface area contributed by atoms with Gasteiger partial charge in [0.25, 0.3) is 5.79 Å². The zero-order valence-electron chi connectivity index (χ0n) is 14.2.